The summed E-state index contributed by atoms with van der Waals surface area (Å²) in [6.07, 6.45) is -41.7. The quantitative estimate of drug-likeness (QED) is 0.0121. The molecule has 35 unspecified atom stereocenters. The van der Waals surface area contributed by atoms with Crippen LogP contribution in [0.15, 0.2) is 0 Å². The number of hydrogen-bond acceptors (Lipinski definition) is 46. The van der Waals surface area contributed by atoms with Crippen molar-refractivity contribution in [2.24, 2.45) is 5.73 Å². The smallest absolute Gasteiger partial charge is 0.547 e. The van der Waals surface area contributed by atoms with Crippen LogP contribution in [0.2, 0.25) is 0 Å². The van der Waals surface area contributed by atoms with Gasteiger partial charge >= 0.3 is 29.6 Å². The second kappa shape index (κ2) is 58.6. The van der Waals surface area contributed by atoms with Crippen LogP contribution in [0.3, 0.4) is 0 Å². The van der Waals surface area contributed by atoms with Crippen molar-refractivity contribution in [2.45, 2.75) is 250 Å². The van der Waals surface area contributed by atoms with Crippen molar-refractivity contribution in [3.8, 4) is 0 Å². The molecule has 51 nitrogen and oxygen atoms in total. The molecule has 9 saturated heterocycles. The van der Waals surface area contributed by atoms with Gasteiger partial charge in [0, 0.05) is 83.1 Å². The number of epoxide rings is 3. The summed E-state index contributed by atoms with van der Waals surface area (Å²) in [5, 5.41) is 199. The van der Waals surface area contributed by atoms with Crippen molar-refractivity contribution in [2.75, 3.05) is 148 Å². The minimum absolute atomic E-state index is 0. The molecule has 0 aromatic rings. The molecule has 9 rings (SSSR count). The number of hydrogen-bond donors (Lipinski definition) is 24. The molecule has 0 radical (unpaired) electrons. The summed E-state index contributed by atoms with van der Waals surface area (Å²) < 4.78 is 105. The van der Waals surface area contributed by atoms with E-state index < -0.39 is 258 Å². The monoisotopic (exact) mass is 1770 g/mol. The van der Waals surface area contributed by atoms with E-state index in [1.165, 1.54) is 56.3 Å². The van der Waals surface area contributed by atoms with Crippen molar-refractivity contribution in [3.63, 3.8) is 0 Å². The van der Waals surface area contributed by atoms with E-state index >= 15 is 0 Å². The molecule has 9 aliphatic rings. The molecule has 35 atom stereocenters. The van der Waals surface area contributed by atoms with Gasteiger partial charge in [0.05, 0.1) is 110 Å². The van der Waals surface area contributed by atoms with E-state index in [4.69, 9.17) is 121 Å². The fourth-order valence-corrected chi connectivity index (χ4v) is 11.9. The van der Waals surface area contributed by atoms with Crippen molar-refractivity contribution < 1.29 is 250 Å². The zero-order valence-corrected chi connectivity index (χ0v) is 68.7. The average molecular weight is 1770 g/mol. The third-order valence-electron chi connectivity index (χ3n) is 18.2. The summed E-state index contributed by atoms with van der Waals surface area (Å²) in [6.45, 7) is 3.62. The minimum atomic E-state index is -1.79. The van der Waals surface area contributed by atoms with Gasteiger partial charge in [-0.1, -0.05) is 14.9 Å². The van der Waals surface area contributed by atoms with Crippen LogP contribution in [0.1, 0.15) is 35.6 Å². The summed E-state index contributed by atoms with van der Waals surface area (Å²) in [5.41, 5.74) is 5.11. The molecule has 9 heterocycles. The molecule has 52 heteroatoms. The van der Waals surface area contributed by atoms with Crippen molar-refractivity contribution >= 4 is 35.5 Å². The van der Waals surface area contributed by atoms with Gasteiger partial charge in [-0.15, -0.1) is 0 Å². The maximum absolute atomic E-state index is 12.9. The molecule has 9 fully saturated rings. The fourth-order valence-electron chi connectivity index (χ4n) is 11.9. The molecule has 5 amide bonds. The van der Waals surface area contributed by atoms with Crippen LogP contribution in [0, 0.1) is 0 Å². The second-order valence-corrected chi connectivity index (χ2v) is 26.9. The number of carboxylic acids is 1. The number of aliphatic hydroxyl groups is 18. The Bertz CT molecular complexity index is 2840. The first-order chi connectivity index (χ1) is 55.6. The van der Waals surface area contributed by atoms with Gasteiger partial charge in [0.1, 0.15) is 140 Å². The van der Waals surface area contributed by atoms with E-state index in [-0.39, 0.29) is 109 Å². The van der Waals surface area contributed by atoms with Gasteiger partial charge in [0.15, 0.2) is 56.2 Å². The summed E-state index contributed by atoms with van der Waals surface area (Å²) in [7, 11) is 7.36. The standard InChI is InChI=1S/C23H42N2O16.C19H32N2O12.C16H27NO12.C3H7NO.C3H6O2.C2H6O2.2CH4.Na/c1-10(28)25-14-18(15(31)12(7-26)39-22(14)36-3)40-23-17(33)16(32)19(35-2)20(41-23)21(34)24-6-11(29)9-37-4-5-38-13(30)8-27;1-7(23)21-10-14(11(24)9(5-22)31-18(10)29-3)32-19-13(26)12(25)15(28-2)16(33-19)17(27)20-4-8-6-30-8;1-5(19)17-7-11(8(20)6(4-18)27-15(7)26-3)28-16-10(22)9(21)12(25-2)13(29-16)14(23)24;2*4-1-3-2-5-3;3-1-2-4;;;/h11-20,22-23,26-27,29-33H,4-9H2,1-3H3,(H,24,34)(H,25,28);8-16,18-19,22,24-26H,4-6H2,1-3H3,(H,20,27)(H,21,23);6-13,15-16,18,20-22H,4H2,1-3H3,(H,17,19)(H,23,24);3H,1-2,4H2;3-4H,1-2H2;3-4H,1-2H2;2*1H4;/q;;;;;;;;+1/p-1. The summed E-state index contributed by atoms with van der Waals surface area (Å²) >= 11 is 0. The van der Waals surface area contributed by atoms with E-state index in [0.29, 0.717) is 19.3 Å². The van der Waals surface area contributed by atoms with Crippen LogP contribution >= 0.6 is 0 Å². The van der Waals surface area contributed by atoms with Crippen LogP contribution in [0.25, 0.3) is 0 Å². The Balaban J connectivity index is 0.000000826. The minimum Gasteiger partial charge on any atom is -0.547 e. The average Bonchev–Trinajstić information content (AvgIpc) is 1.23. The van der Waals surface area contributed by atoms with E-state index in [2.05, 4.69) is 31.3 Å². The Morgan fingerprint density at radius 2 is 0.767 bits per heavy atom. The molecular weight excluding hydrogens is 1640 g/mol. The Labute approximate surface area is 713 Å². The number of carbonyl (C=O) groups is 6. The summed E-state index contributed by atoms with van der Waals surface area (Å²) in [4.78, 5) is 72.1. The van der Waals surface area contributed by atoms with Gasteiger partial charge in [-0.3, -0.25) is 24.0 Å². The largest absolute Gasteiger partial charge is 1.00 e. The Hall–Kier alpha value is -3.74. The van der Waals surface area contributed by atoms with Crippen molar-refractivity contribution in [3.05, 3.63) is 0 Å². The van der Waals surface area contributed by atoms with Crippen LogP contribution in [0.5, 0.6) is 0 Å². The number of nitrogens with one attached hydrogen (secondary N) is 5. The predicted octanol–water partition coefficient (Wildman–Crippen LogP) is -19.8. The molecule has 0 saturated carbocycles. The molecule has 120 heavy (non-hydrogen) atoms. The van der Waals surface area contributed by atoms with Crippen molar-refractivity contribution in [1.29, 1.82) is 0 Å². The third kappa shape index (κ3) is 35.1. The van der Waals surface area contributed by atoms with Crippen LogP contribution in [0.4, 0.5) is 0 Å². The number of rotatable bonds is 35. The Morgan fingerprint density at radius 3 is 1.02 bits per heavy atom. The summed E-state index contributed by atoms with van der Waals surface area (Å²) in [5.74, 6) is -4.74. The zero-order chi connectivity index (χ0) is 87.7. The Kier molecular flexibility index (Phi) is 55.8. The van der Waals surface area contributed by atoms with E-state index in [0.717, 1.165) is 20.3 Å². The first-order valence-electron chi connectivity index (χ1n) is 36.8. The number of amides is 5. The molecule has 700 valence electrons. The maximum Gasteiger partial charge on any atom is 1.00 e. The van der Waals surface area contributed by atoms with Gasteiger partial charge in [0.25, 0.3) is 11.8 Å². The zero-order valence-electron chi connectivity index (χ0n) is 66.7. The molecule has 0 spiro atoms. The molecule has 25 N–H and O–H groups in total. The van der Waals surface area contributed by atoms with Gasteiger partial charge in [-0.2, -0.15) is 0 Å². The number of carboxylic acid groups (broad SMARTS) is 1. The van der Waals surface area contributed by atoms with Gasteiger partial charge in [0.2, 0.25) is 17.7 Å². The topological polar surface area (TPSA) is 770 Å². The van der Waals surface area contributed by atoms with Crippen LogP contribution in [-0.4, -0.2) is 490 Å². The maximum atomic E-state index is 12.9. The van der Waals surface area contributed by atoms with E-state index in [1.54, 1.807) is 0 Å². The molecule has 0 bridgehead atoms. The van der Waals surface area contributed by atoms with Gasteiger partial charge < -0.3 is 229 Å². The number of aliphatic carboxylic acids is 1. The normalized spacial score (nSPS) is 37.5. The first kappa shape index (κ1) is 114. The van der Waals surface area contributed by atoms with Crippen molar-refractivity contribution in [1.82, 2.24) is 26.6 Å². The first-order valence-corrected chi connectivity index (χ1v) is 36.8. The molecule has 9 aliphatic heterocycles. The number of methoxy groups -OCH3 is 6. The Morgan fingerprint density at radius 1 is 0.433 bits per heavy atom. The third-order valence-corrected chi connectivity index (χ3v) is 18.2. The fraction of sp³-hybridized carbons (Fsp3) is 0.912. The van der Waals surface area contributed by atoms with Crippen LogP contribution < -0.4 is 67.0 Å². The SMILES string of the molecule is C.C.COC1OC(CO)C(O)C(OC2OC(C(=O)NCC(O)COCCOC(O)CO)C(OC)C(O)C2O)C1NC(C)=O.COC1OC(CO)C(O)C(OC2OC(C(=O)NCC3CO3)C(OC)C(O)C2O)C1NC(C)=O.COC1OC(CO)C(O)C(OC2OC(C(=O)[O-])C(OC)C(O)C2O)C1NC(C)=O.NCC1CO1.OCC1CO1.OCCO.[Na+]. The van der Waals surface area contributed by atoms with Gasteiger partial charge in [-0.05, 0) is 0 Å². The van der Waals surface area contributed by atoms with Crippen LogP contribution in [-0.2, 0) is 124 Å². The van der Waals surface area contributed by atoms with E-state index in [9.17, 15) is 100 Å². The number of carbonyl (C=O) groups excluding carboxylic acids is 6. The molecular formula is C68H127N6NaO45. The van der Waals surface area contributed by atoms with E-state index in [1.807, 2.05) is 0 Å². The number of aliphatic hydroxyl groups excluding tert-OH is 18. The number of ether oxygens (including phenoxy) is 20. The molecule has 0 aromatic carbocycles. The predicted molar refractivity (Wildman–Crippen MR) is 388 cm³/mol. The molecule has 0 aromatic heterocycles. The number of nitrogens with two attached hydrogens (primary N) is 1. The molecule has 0 aliphatic carbocycles. The summed E-state index contributed by atoms with van der Waals surface area (Å²) in [6, 6.07) is -3.34. The second-order valence-electron chi connectivity index (χ2n) is 26.9. The van der Waals surface area contributed by atoms with Gasteiger partial charge in [-0.25, -0.2) is 0 Å².